The van der Waals surface area contributed by atoms with E-state index in [1.807, 2.05) is 11.8 Å². The van der Waals surface area contributed by atoms with Crippen LogP contribution >= 0.6 is 12.2 Å². The van der Waals surface area contributed by atoms with Crippen molar-refractivity contribution in [3.63, 3.8) is 0 Å². The highest BCUT2D eigenvalue weighted by Crippen LogP contribution is 2.35. The number of anilines is 2. The predicted molar refractivity (Wildman–Crippen MR) is 130 cm³/mol. The highest BCUT2D eigenvalue weighted by atomic mass is 32.1. The van der Waals surface area contributed by atoms with E-state index in [2.05, 4.69) is 20.6 Å². The largest absolute Gasteiger partial charge is 0.433 e. The Morgan fingerprint density at radius 3 is 2.54 bits per heavy atom. The van der Waals surface area contributed by atoms with Gasteiger partial charge in [-0.05, 0) is 68.9 Å². The second-order valence-electron chi connectivity index (χ2n) is 9.18. The van der Waals surface area contributed by atoms with Crippen molar-refractivity contribution in [1.29, 1.82) is 0 Å². The highest BCUT2D eigenvalue weighted by Gasteiger charge is 2.36. The van der Waals surface area contributed by atoms with Crippen molar-refractivity contribution in [1.82, 2.24) is 15.3 Å². The zero-order valence-corrected chi connectivity index (χ0v) is 20.3. The molecular weight excluding hydrogens is 482 g/mol. The normalized spacial score (nSPS) is 20.4. The lowest BCUT2D eigenvalue weighted by molar-refractivity contribution is -0.141. The molecule has 3 heterocycles. The molecule has 1 unspecified atom stereocenters. The number of rotatable bonds is 5. The van der Waals surface area contributed by atoms with E-state index in [0.29, 0.717) is 39.1 Å². The highest BCUT2D eigenvalue weighted by molar-refractivity contribution is 7.80. The molecule has 0 bridgehead atoms. The maximum Gasteiger partial charge on any atom is 0.433 e. The number of ether oxygens (including phenoxy) is 1. The van der Waals surface area contributed by atoms with E-state index in [-0.39, 0.29) is 34.2 Å². The molecule has 35 heavy (non-hydrogen) atoms. The van der Waals surface area contributed by atoms with Gasteiger partial charge in [0.1, 0.15) is 11.6 Å². The SMILES string of the molecule is CC1CCCCN1c1cc(C(F)(F)F)nc(NC(=S)NCC2(c3ccc(F)cc3)CCOCC2)n1. The first-order chi connectivity index (χ1) is 16.7. The summed E-state index contributed by atoms with van der Waals surface area (Å²) in [6, 6.07) is 7.42. The molecule has 2 saturated heterocycles. The first-order valence-electron chi connectivity index (χ1n) is 11.8. The summed E-state index contributed by atoms with van der Waals surface area (Å²) >= 11 is 5.40. The van der Waals surface area contributed by atoms with Crippen LogP contribution in [0.15, 0.2) is 30.3 Å². The second kappa shape index (κ2) is 10.6. The summed E-state index contributed by atoms with van der Waals surface area (Å²) in [5.74, 6) is -0.286. The van der Waals surface area contributed by atoms with Crippen LogP contribution < -0.4 is 15.5 Å². The number of piperidine rings is 1. The van der Waals surface area contributed by atoms with Crippen LogP contribution in [0.4, 0.5) is 29.3 Å². The van der Waals surface area contributed by atoms with Crippen molar-refractivity contribution in [2.24, 2.45) is 0 Å². The van der Waals surface area contributed by atoms with E-state index in [0.717, 1.165) is 30.9 Å². The summed E-state index contributed by atoms with van der Waals surface area (Å²) in [4.78, 5) is 9.92. The van der Waals surface area contributed by atoms with Gasteiger partial charge in [0.05, 0.1) is 0 Å². The third-order valence-corrected chi connectivity index (χ3v) is 7.07. The van der Waals surface area contributed by atoms with Crippen LogP contribution in [0.1, 0.15) is 50.3 Å². The number of aromatic nitrogens is 2. The van der Waals surface area contributed by atoms with E-state index in [4.69, 9.17) is 17.0 Å². The van der Waals surface area contributed by atoms with Crippen molar-refractivity contribution in [3.8, 4) is 0 Å². The van der Waals surface area contributed by atoms with Gasteiger partial charge in [-0.15, -0.1) is 0 Å². The molecular formula is C24H29F4N5OS. The lowest BCUT2D eigenvalue weighted by atomic mass is 9.74. The third kappa shape index (κ3) is 6.19. The molecule has 2 aliphatic rings. The molecule has 11 heteroatoms. The van der Waals surface area contributed by atoms with Gasteiger partial charge in [-0.25, -0.2) is 9.37 Å². The Balaban J connectivity index is 1.51. The second-order valence-corrected chi connectivity index (χ2v) is 9.59. The molecule has 2 aromatic rings. The Morgan fingerprint density at radius 2 is 1.89 bits per heavy atom. The number of nitrogens with zero attached hydrogens (tertiary/aromatic N) is 3. The molecule has 0 radical (unpaired) electrons. The van der Waals surface area contributed by atoms with Gasteiger partial charge in [-0.2, -0.15) is 18.2 Å². The Bertz CT molecular complexity index is 1030. The van der Waals surface area contributed by atoms with Crippen LogP contribution in [0.2, 0.25) is 0 Å². The van der Waals surface area contributed by atoms with Gasteiger partial charge in [0.25, 0.3) is 0 Å². The number of nitrogens with one attached hydrogen (secondary N) is 2. The smallest absolute Gasteiger partial charge is 0.381 e. The molecule has 0 aliphatic carbocycles. The molecule has 0 amide bonds. The zero-order chi connectivity index (χ0) is 25.1. The fourth-order valence-electron chi connectivity index (χ4n) is 4.75. The van der Waals surface area contributed by atoms with Gasteiger partial charge < -0.3 is 20.3 Å². The van der Waals surface area contributed by atoms with Gasteiger partial charge in [0.2, 0.25) is 5.95 Å². The van der Waals surface area contributed by atoms with Crippen LogP contribution in [0.25, 0.3) is 0 Å². The van der Waals surface area contributed by atoms with Crippen molar-refractivity contribution in [2.75, 3.05) is 36.5 Å². The Morgan fingerprint density at radius 1 is 1.17 bits per heavy atom. The van der Waals surface area contributed by atoms with Crippen LogP contribution in [0.3, 0.4) is 0 Å². The molecule has 2 N–H and O–H groups in total. The minimum Gasteiger partial charge on any atom is -0.381 e. The molecule has 1 aromatic carbocycles. The monoisotopic (exact) mass is 511 g/mol. The summed E-state index contributed by atoms with van der Waals surface area (Å²) in [5.41, 5.74) is -0.409. The number of hydrogen-bond donors (Lipinski definition) is 2. The lowest BCUT2D eigenvalue weighted by Crippen LogP contribution is -2.45. The molecule has 1 aromatic heterocycles. The number of hydrogen-bond acceptors (Lipinski definition) is 5. The summed E-state index contributed by atoms with van der Waals surface area (Å²) < 4.78 is 59.7. The molecule has 1 atom stereocenters. The number of halogens is 4. The molecule has 6 nitrogen and oxygen atoms in total. The maximum atomic E-state index is 13.6. The van der Waals surface area contributed by atoms with E-state index >= 15 is 0 Å². The van der Waals surface area contributed by atoms with Gasteiger partial charge in [0.15, 0.2) is 10.8 Å². The standard InChI is InChI=1S/C24H29F4N5OS/c1-16-4-2-3-11-33(16)20-14-19(24(26,27)28)30-21(31-20)32-22(35)29-15-23(9-12-34-13-10-23)17-5-7-18(25)8-6-17/h5-8,14,16H,2-4,9-13,15H2,1H3,(H2,29,30,31,32,35). The summed E-state index contributed by atoms with van der Waals surface area (Å²) in [5, 5.41) is 5.98. The van der Waals surface area contributed by atoms with Crippen molar-refractivity contribution < 1.29 is 22.3 Å². The lowest BCUT2D eigenvalue weighted by Gasteiger charge is -2.38. The molecule has 2 aliphatic heterocycles. The first kappa shape index (κ1) is 25.6. The minimum absolute atomic E-state index is 0.0850. The van der Waals surface area contributed by atoms with Crippen molar-refractivity contribution >= 4 is 29.1 Å². The van der Waals surface area contributed by atoms with Crippen LogP contribution in [-0.4, -0.2) is 47.4 Å². The summed E-state index contributed by atoms with van der Waals surface area (Å²) in [6.07, 6.45) is -0.390. The van der Waals surface area contributed by atoms with Gasteiger partial charge in [0, 0.05) is 43.8 Å². The molecule has 190 valence electrons. The zero-order valence-electron chi connectivity index (χ0n) is 19.5. The fourth-order valence-corrected chi connectivity index (χ4v) is 4.91. The molecule has 2 fully saturated rings. The average molecular weight is 512 g/mol. The van der Waals surface area contributed by atoms with Gasteiger partial charge in [-0.1, -0.05) is 12.1 Å². The van der Waals surface area contributed by atoms with Crippen LogP contribution in [0, 0.1) is 5.82 Å². The molecule has 0 spiro atoms. The fraction of sp³-hybridized carbons (Fsp3) is 0.542. The molecule has 4 rings (SSSR count). The average Bonchev–Trinajstić information content (AvgIpc) is 2.83. The number of alkyl halides is 3. The number of benzene rings is 1. The van der Waals surface area contributed by atoms with E-state index in [1.54, 1.807) is 12.1 Å². The van der Waals surface area contributed by atoms with Crippen molar-refractivity contribution in [2.45, 2.75) is 56.7 Å². The van der Waals surface area contributed by atoms with Gasteiger partial charge >= 0.3 is 6.18 Å². The van der Waals surface area contributed by atoms with E-state index < -0.39 is 11.9 Å². The predicted octanol–water partition coefficient (Wildman–Crippen LogP) is 5.05. The third-order valence-electron chi connectivity index (χ3n) is 6.82. The van der Waals surface area contributed by atoms with E-state index in [1.165, 1.54) is 12.1 Å². The topological polar surface area (TPSA) is 62.3 Å². The van der Waals surface area contributed by atoms with Crippen LogP contribution in [-0.2, 0) is 16.3 Å². The minimum atomic E-state index is -4.61. The summed E-state index contributed by atoms with van der Waals surface area (Å²) in [7, 11) is 0. The van der Waals surface area contributed by atoms with Gasteiger partial charge in [-0.3, -0.25) is 0 Å². The van der Waals surface area contributed by atoms with E-state index in [9.17, 15) is 17.6 Å². The Hall–Kier alpha value is -2.53. The Kier molecular flexibility index (Phi) is 7.75. The Labute approximate surface area is 207 Å². The maximum absolute atomic E-state index is 13.6. The summed E-state index contributed by atoms with van der Waals surface area (Å²) in [6.45, 7) is 4.13. The van der Waals surface area contributed by atoms with Crippen molar-refractivity contribution in [3.05, 3.63) is 47.4 Å². The first-order valence-corrected chi connectivity index (χ1v) is 12.2. The quantitative estimate of drug-likeness (QED) is 0.430. The molecule has 0 saturated carbocycles. The van der Waals surface area contributed by atoms with Crippen LogP contribution in [0.5, 0.6) is 0 Å². The number of thiocarbonyl (C=S) groups is 1.